The molecule has 4 aromatic rings. The summed E-state index contributed by atoms with van der Waals surface area (Å²) in [5.74, 6) is 0.468. The average Bonchev–Trinajstić information content (AvgIpc) is 2.84. The molecule has 0 radical (unpaired) electrons. The van der Waals surface area contributed by atoms with Crippen molar-refractivity contribution >= 4 is 9.84 Å². The molecule has 0 amide bonds. The highest BCUT2D eigenvalue weighted by atomic mass is 32.2. The van der Waals surface area contributed by atoms with Crippen LogP contribution in [0.25, 0.3) is 33.6 Å². The molecule has 1 aliphatic rings. The van der Waals surface area contributed by atoms with Gasteiger partial charge >= 0.3 is 0 Å². The van der Waals surface area contributed by atoms with Crippen LogP contribution in [0.5, 0.6) is 0 Å². The number of hydrogen-bond acceptors (Lipinski definition) is 2. The smallest absolute Gasteiger partial charge is 0.213 e. The van der Waals surface area contributed by atoms with Gasteiger partial charge in [0.05, 0.1) is 5.75 Å². The molecule has 0 bridgehead atoms. The Morgan fingerprint density at radius 3 is 1.56 bits per heavy atom. The number of pyridine rings is 1. The first-order valence-electron chi connectivity index (χ1n) is 11.1. The maximum absolute atomic E-state index is 12.6. The van der Waals surface area contributed by atoms with E-state index < -0.39 is 9.84 Å². The zero-order chi connectivity index (χ0) is 22.0. The number of sulfone groups is 1. The molecule has 1 aliphatic heterocycles. The van der Waals surface area contributed by atoms with E-state index in [1.54, 1.807) is 0 Å². The Balaban J connectivity index is 1.82. The van der Waals surface area contributed by atoms with Crippen molar-refractivity contribution in [1.29, 1.82) is 0 Å². The molecule has 1 fully saturated rings. The van der Waals surface area contributed by atoms with Crippen molar-refractivity contribution in [2.75, 3.05) is 11.5 Å². The van der Waals surface area contributed by atoms with E-state index >= 15 is 0 Å². The maximum Gasteiger partial charge on any atom is 0.213 e. The van der Waals surface area contributed by atoms with Crippen molar-refractivity contribution in [2.45, 2.75) is 18.9 Å². The van der Waals surface area contributed by atoms with Gasteiger partial charge in [-0.15, -0.1) is 0 Å². The number of aromatic nitrogens is 1. The number of rotatable bonds is 4. The molecule has 0 aliphatic carbocycles. The summed E-state index contributed by atoms with van der Waals surface area (Å²) in [4.78, 5) is 0. The van der Waals surface area contributed by atoms with Crippen molar-refractivity contribution in [3.8, 4) is 33.6 Å². The summed E-state index contributed by atoms with van der Waals surface area (Å²) in [5.41, 5.74) is 6.54. The Kier molecular flexibility index (Phi) is 5.62. The van der Waals surface area contributed by atoms with Gasteiger partial charge in [0.25, 0.3) is 0 Å². The van der Waals surface area contributed by atoms with Gasteiger partial charge in [-0.05, 0) is 41.8 Å². The lowest BCUT2D eigenvalue weighted by Gasteiger charge is -2.23. The molecule has 3 aromatic carbocycles. The third-order valence-electron chi connectivity index (χ3n) is 6.15. The van der Waals surface area contributed by atoms with Gasteiger partial charge in [-0.3, -0.25) is 0 Å². The molecule has 32 heavy (non-hydrogen) atoms. The van der Waals surface area contributed by atoms with Gasteiger partial charge in [0, 0.05) is 29.7 Å². The van der Waals surface area contributed by atoms with Gasteiger partial charge < -0.3 is 0 Å². The van der Waals surface area contributed by atoms with Crippen molar-refractivity contribution in [1.82, 2.24) is 0 Å². The molecule has 0 spiro atoms. The third-order valence-corrected chi connectivity index (χ3v) is 7.96. The van der Waals surface area contributed by atoms with Crippen molar-refractivity contribution < 1.29 is 13.0 Å². The molecule has 2 heterocycles. The summed E-state index contributed by atoms with van der Waals surface area (Å²) in [5, 5.41) is 0. The Hall–Kier alpha value is -3.24. The molecule has 0 N–H and O–H groups in total. The Morgan fingerprint density at radius 2 is 1.09 bits per heavy atom. The number of benzene rings is 3. The van der Waals surface area contributed by atoms with Crippen LogP contribution in [0.15, 0.2) is 103 Å². The summed E-state index contributed by atoms with van der Waals surface area (Å²) in [6.45, 7) is 0. The monoisotopic (exact) mass is 440 g/mol. The van der Waals surface area contributed by atoms with Gasteiger partial charge in [0.1, 0.15) is 5.75 Å². The van der Waals surface area contributed by atoms with Crippen LogP contribution in [-0.4, -0.2) is 19.9 Å². The molecular formula is C28H26NO2S+. The molecule has 1 atom stereocenters. The van der Waals surface area contributed by atoms with E-state index in [1.165, 1.54) is 0 Å². The second kappa shape index (κ2) is 8.71. The standard InChI is InChI=1S/C28H26NO2S/c30-32(31)18-10-17-26(21-32)29-27(23-13-6-2-7-14-23)19-25(22-11-4-1-5-12-22)20-28(29)24-15-8-3-9-16-24/h1-9,11-16,19-20,26H,10,17-18,21H2/q+1. The van der Waals surface area contributed by atoms with E-state index in [9.17, 15) is 8.42 Å². The van der Waals surface area contributed by atoms with Crippen LogP contribution in [0, 0.1) is 0 Å². The van der Waals surface area contributed by atoms with E-state index in [2.05, 4.69) is 65.2 Å². The zero-order valence-electron chi connectivity index (χ0n) is 17.9. The van der Waals surface area contributed by atoms with Gasteiger partial charge in [-0.25, -0.2) is 8.42 Å². The first kappa shape index (κ1) is 20.7. The van der Waals surface area contributed by atoms with Crippen LogP contribution in [0.3, 0.4) is 0 Å². The molecule has 1 aromatic heterocycles. The lowest BCUT2D eigenvalue weighted by molar-refractivity contribution is -0.698. The molecule has 4 heteroatoms. The van der Waals surface area contributed by atoms with Gasteiger partial charge in [-0.1, -0.05) is 66.7 Å². The minimum atomic E-state index is -3.06. The van der Waals surface area contributed by atoms with Crippen LogP contribution in [0.1, 0.15) is 18.9 Å². The predicted octanol–water partition coefficient (Wildman–Crippen LogP) is 5.72. The average molecular weight is 441 g/mol. The topological polar surface area (TPSA) is 38.0 Å². The highest BCUT2D eigenvalue weighted by Crippen LogP contribution is 2.32. The Bertz CT molecular complexity index is 1260. The maximum atomic E-state index is 12.6. The van der Waals surface area contributed by atoms with E-state index in [4.69, 9.17) is 0 Å². The van der Waals surface area contributed by atoms with Gasteiger partial charge in [-0.2, -0.15) is 4.57 Å². The largest absolute Gasteiger partial charge is 0.229 e. The van der Waals surface area contributed by atoms with Crippen molar-refractivity contribution in [3.63, 3.8) is 0 Å². The normalized spacial score (nSPS) is 17.7. The first-order valence-corrected chi connectivity index (χ1v) is 12.9. The predicted molar refractivity (Wildman–Crippen MR) is 130 cm³/mol. The summed E-state index contributed by atoms with van der Waals surface area (Å²) < 4.78 is 27.5. The SMILES string of the molecule is O=S1(=O)CCCC([n+]2c(-c3ccccc3)cc(-c3ccccc3)cc2-c2ccccc2)C1. The highest BCUT2D eigenvalue weighted by Gasteiger charge is 2.36. The van der Waals surface area contributed by atoms with Crippen LogP contribution in [0.4, 0.5) is 0 Å². The fraction of sp³-hybridized carbons (Fsp3) is 0.179. The lowest BCUT2D eigenvalue weighted by atomic mass is 9.97. The van der Waals surface area contributed by atoms with Gasteiger partial charge in [0.15, 0.2) is 15.9 Å². The van der Waals surface area contributed by atoms with Crippen molar-refractivity contribution in [3.05, 3.63) is 103 Å². The summed E-state index contributed by atoms with van der Waals surface area (Å²) >= 11 is 0. The molecule has 0 saturated carbocycles. The molecule has 1 unspecified atom stereocenters. The summed E-state index contributed by atoms with van der Waals surface area (Å²) in [7, 11) is -3.06. The molecule has 1 saturated heterocycles. The summed E-state index contributed by atoms with van der Waals surface area (Å²) in [6.07, 6.45) is 1.55. The lowest BCUT2D eigenvalue weighted by Crippen LogP contribution is -2.49. The summed E-state index contributed by atoms with van der Waals surface area (Å²) in [6, 6.07) is 35.3. The molecular weight excluding hydrogens is 414 g/mol. The molecule has 160 valence electrons. The Morgan fingerprint density at radius 1 is 0.625 bits per heavy atom. The second-order valence-corrected chi connectivity index (χ2v) is 10.6. The molecule has 3 nitrogen and oxygen atoms in total. The van der Waals surface area contributed by atoms with E-state index in [-0.39, 0.29) is 17.5 Å². The second-order valence-electron chi connectivity index (χ2n) is 8.39. The van der Waals surface area contributed by atoms with Crippen LogP contribution >= 0.6 is 0 Å². The van der Waals surface area contributed by atoms with Gasteiger partial charge in [0.2, 0.25) is 11.4 Å². The van der Waals surface area contributed by atoms with Crippen LogP contribution < -0.4 is 4.57 Å². The molecule has 5 rings (SSSR count). The van der Waals surface area contributed by atoms with E-state index in [1.807, 2.05) is 42.5 Å². The van der Waals surface area contributed by atoms with E-state index in [0.717, 1.165) is 40.1 Å². The van der Waals surface area contributed by atoms with Crippen LogP contribution in [-0.2, 0) is 9.84 Å². The minimum Gasteiger partial charge on any atom is -0.229 e. The number of nitrogens with zero attached hydrogens (tertiary/aromatic N) is 1. The third kappa shape index (κ3) is 4.23. The van der Waals surface area contributed by atoms with Crippen LogP contribution in [0.2, 0.25) is 0 Å². The van der Waals surface area contributed by atoms with Crippen molar-refractivity contribution in [2.24, 2.45) is 0 Å². The highest BCUT2D eigenvalue weighted by molar-refractivity contribution is 7.91. The quantitative estimate of drug-likeness (QED) is 0.380. The fourth-order valence-electron chi connectivity index (χ4n) is 4.66. The van der Waals surface area contributed by atoms with E-state index in [0.29, 0.717) is 6.42 Å². The zero-order valence-corrected chi connectivity index (χ0v) is 18.7. The Labute approximate surface area is 189 Å². The minimum absolute atomic E-state index is 0.0935. The fourth-order valence-corrected chi connectivity index (χ4v) is 6.34. The number of hydrogen-bond donors (Lipinski definition) is 0. The first-order chi connectivity index (χ1) is 15.6.